The van der Waals surface area contributed by atoms with Crippen LogP contribution in [0.4, 0.5) is 0 Å². The molecule has 0 saturated heterocycles. The van der Waals surface area contributed by atoms with Crippen LogP contribution in [0.2, 0.25) is 0 Å². The van der Waals surface area contributed by atoms with Crippen LogP contribution in [-0.4, -0.2) is 68.2 Å². The Bertz CT molecular complexity index is 5870. The lowest BCUT2D eigenvalue weighted by Crippen LogP contribution is -1.90. The molecule has 21 aromatic rings. The van der Waals surface area contributed by atoms with Gasteiger partial charge < -0.3 is 58.8 Å². The Morgan fingerprint density at radius 2 is 0.929 bits per heavy atom. The number of nitrogens with zero attached hydrogens (tertiary/aromatic N) is 14. The van der Waals surface area contributed by atoms with Gasteiger partial charge in [-0.2, -0.15) is 0 Å². The molecule has 15 heteroatoms. The summed E-state index contributed by atoms with van der Waals surface area (Å²) in [4.78, 5) is 7.79. The van der Waals surface area contributed by atoms with Gasteiger partial charge in [-0.25, -0.2) is 4.98 Å². The van der Waals surface area contributed by atoms with Gasteiger partial charge in [0, 0.05) is 205 Å². The van der Waals surface area contributed by atoms with E-state index in [1.54, 1.807) is 0 Å². The minimum absolute atomic E-state index is 0. The Morgan fingerprint density at radius 3 is 1.70 bits per heavy atom. The van der Waals surface area contributed by atoms with Crippen LogP contribution < -0.4 is 0 Å². The average Bonchev–Trinajstić information content (AvgIpc) is 1.64. The molecule has 0 aliphatic heterocycles. The van der Waals surface area contributed by atoms with Crippen LogP contribution in [0, 0.1) is 48.5 Å². The largest absolute Gasteiger partial charge is 0.363 e. The summed E-state index contributed by atoms with van der Waals surface area (Å²) in [6.45, 7) is 14.9. The zero-order chi connectivity index (χ0) is 67.1. The van der Waals surface area contributed by atoms with E-state index in [1.807, 2.05) is 25.2 Å². The molecule has 1 N–H and O–H groups in total. The van der Waals surface area contributed by atoms with Crippen LogP contribution in [0.1, 0.15) is 47.3 Å². The van der Waals surface area contributed by atoms with Gasteiger partial charge >= 0.3 is 0 Å². The maximum Gasteiger partial charge on any atom is 0.214 e. The zero-order valence-electron chi connectivity index (χ0n) is 57.4. The molecule has 15 nitrogen and oxygen atoms in total. The van der Waals surface area contributed by atoms with Crippen molar-refractivity contribution in [3.8, 4) is 0 Å². The highest BCUT2D eigenvalue weighted by Crippen LogP contribution is 2.30. The van der Waals surface area contributed by atoms with Crippen LogP contribution >= 0.6 is 0 Å². The number of fused-ring (bicyclic) bond motifs is 21. The molecule has 0 unspecified atom stereocenters. The molecular weight excluding hydrogens is 1210 g/mol. The number of rotatable bonds is 0. The predicted molar refractivity (Wildman–Crippen MR) is 410 cm³/mol. The maximum atomic E-state index is 4.56. The third-order valence-electron chi connectivity index (χ3n) is 19.9. The molecule has 0 aliphatic carbocycles. The van der Waals surface area contributed by atoms with Crippen molar-refractivity contribution in [3.63, 3.8) is 0 Å². The number of aromatic nitrogens is 15. The number of nitrogens with one attached hydrogen (secondary N) is 1. The van der Waals surface area contributed by atoms with E-state index in [-0.39, 0.29) is 7.43 Å². The standard InChI is InChI=1S/5C12H12N2.C11H11N3.C11H10N2.CH4/c1-9-11-7-10-5-3-4-6-14(10)12(11)8-13(9)2;1-9-8-14-11-6-4-3-5-10(11)7-12(14)13(9)2;1-9-7-10-11-5-3-4-6-14(11)8-12(10)13(9)2;1-9-7-10-8-14-6-4-3-5-11(14)12(10)13(9)2;1-9-7-14-8-10-5-3-4-6-11(10)12(14)13(9)2;1-8-7-14-10-6-4-3-5-9(10)12-11(14)13(8)2;1-8-11-9(7-12-8)6-10-4-2-3-5-13(10)11;/h5*3-8H,1-2H3;3-7H,1-2H3;2-7,12H,1H3;1H4. The van der Waals surface area contributed by atoms with Crippen molar-refractivity contribution in [1.82, 2.24) is 68.2 Å². The number of H-pyrrole nitrogens is 1. The fraction of sp³-hybridized carbons (Fsp3) is 0.169. The van der Waals surface area contributed by atoms with E-state index < -0.39 is 0 Å². The number of aryl methyl sites for hydroxylation is 13. The molecule has 0 spiro atoms. The topological polar surface area (TPSA) is 89.1 Å². The van der Waals surface area contributed by atoms with Crippen molar-refractivity contribution in [1.29, 1.82) is 0 Å². The predicted octanol–water partition coefficient (Wildman–Crippen LogP) is 19.2. The molecule has 0 aliphatic rings. The van der Waals surface area contributed by atoms with E-state index in [0.29, 0.717) is 0 Å². The van der Waals surface area contributed by atoms with Crippen molar-refractivity contribution < 1.29 is 0 Å². The van der Waals surface area contributed by atoms with Crippen molar-refractivity contribution in [3.05, 3.63) is 290 Å². The van der Waals surface area contributed by atoms with Gasteiger partial charge in [0.05, 0.1) is 49.7 Å². The number of imidazole rings is 4. The number of hydrogen-bond donors (Lipinski definition) is 1. The fourth-order valence-corrected chi connectivity index (χ4v) is 14.0. The van der Waals surface area contributed by atoms with Crippen molar-refractivity contribution in [2.75, 3.05) is 0 Å². The van der Waals surface area contributed by atoms with Crippen LogP contribution in [0.25, 0.3) is 115 Å². The normalized spacial score (nSPS) is 11.4. The van der Waals surface area contributed by atoms with Crippen LogP contribution in [0.15, 0.2) is 250 Å². The second-order valence-electron chi connectivity index (χ2n) is 25.8. The number of aromatic amines is 1. The first-order chi connectivity index (χ1) is 47.0. The third kappa shape index (κ3) is 10.9. The highest BCUT2D eigenvalue weighted by molar-refractivity contribution is 5.98. The first-order valence-corrected chi connectivity index (χ1v) is 33.0. The summed E-state index contributed by atoms with van der Waals surface area (Å²) in [5.41, 5.74) is 25.3. The van der Waals surface area contributed by atoms with E-state index >= 15 is 0 Å². The van der Waals surface area contributed by atoms with E-state index in [2.05, 4.69) is 384 Å². The summed E-state index contributed by atoms with van der Waals surface area (Å²) in [6, 6.07) is 61.4. The number of hydrogen-bond acceptors (Lipinski definition) is 1. The molecule has 0 saturated carbocycles. The summed E-state index contributed by atoms with van der Waals surface area (Å²) < 4.78 is 28.5. The van der Waals surface area contributed by atoms with Gasteiger partial charge in [0.1, 0.15) is 11.3 Å². The van der Waals surface area contributed by atoms with Crippen molar-refractivity contribution >= 4 is 115 Å². The molecule has 0 fully saturated rings. The van der Waals surface area contributed by atoms with Gasteiger partial charge in [-0.15, -0.1) is 0 Å². The molecule has 21 rings (SSSR count). The van der Waals surface area contributed by atoms with Gasteiger partial charge in [-0.05, 0) is 146 Å². The van der Waals surface area contributed by atoms with Crippen molar-refractivity contribution in [2.24, 2.45) is 42.3 Å². The summed E-state index contributed by atoms with van der Waals surface area (Å²) in [5, 5.41) is 9.21. The van der Waals surface area contributed by atoms with E-state index in [9.17, 15) is 0 Å². The molecule has 0 amide bonds. The van der Waals surface area contributed by atoms with Gasteiger partial charge in [-0.3, -0.25) is 4.40 Å². The smallest absolute Gasteiger partial charge is 0.214 e. The molecule has 98 heavy (non-hydrogen) atoms. The number of para-hydroxylation sites is 3. The van der Waals surface area contributed by atoms with Crippen LogP contribution in [0.5, 0.6) is 0 Å². The molecule has 0 bridgehead atoms. The van der Waals surface area contributed by atoms with E-state index in [4.69, 9.17) is 0 Å². The lowest BCUT2D eigenvalue weighted by Gasteiger charge is -1.98. The van der Waals surface area contributed by atoms with E-state index in [0.717, 1.165) is 11.3 Å². The SMILES string of the molecule is C.Cc1[nH]cc2cc3ccccn3c12.Cc1c2cc3ccccn3c2cn1C.Cc1cc2c(cn3ccccc23)n1C.Cc1cc2cn3ccccc3c2n1C.Cc1cn2c3ccccc3cc2n1C.Cc1cn2c3ccccc3nc2n1C.Cc1cn2cc3ccccc3c2n1C. The zero-order valence-corrected chi connectivity index (χ0v) is 57.4. The van der Waals surface area contributed by atoms with Crippen LogP contribution in [-0.2, 0) is 42.3 Å². The number of pyridine rings is 4. The second-order valence-corrected chi connectivity index (χ2v) is 25.8. The third-order valence-corrected chi connectivity index (χ3v) is 19.9. The minimum Gasteiger partial charge on any atom is -0.363 e. The monoisotopic (exact) mass is 1290 g/mol. The minimum atomic E-state index is 0. The lowest BCUT2D eigenvalue weighted by molar-refractivity contribution is 0.886. The molecular formula is C83H85N15. The molecule has 492 valence electrons. The first kappa shape index (κ1) is 63.4. The average molecular weight is 1290 g/mol. The van der Waals surface area contributed by atoms with Gasteiger partial charge in [0.2, 0.25) is 5.78 Å². The summed E-state index contributed by atoms with van der Waals surface area (Å²) in [5.74, 6) is 1.00. The van der Waals surface area contributed by atoms with Crippen molar-refractivity contribution in [2.45, 2.75) is 55.9 Å². The quantitative estimate of drug-likeness (QED) is 0.161. The second kappa shape index (κ2) is 25.3. The van der Waals surface area contributed by atoms with Crippen LogP contribution in [0.3, 0.4) is 0 Å². The first-order valence-electron chi connectivity index (χ1n) is 33.0. The van der Waals surface area contributed by atoms with Gasteiger partial charge in [0.15, 0.2) is 0 Å². The highest BCUT2D eigenvalue weighted by atomic mass is 15.2. The lowest BCUT2D eigenvalue weighted by atomic mass is 10.2. The Morgan fingerprint density at radius 1 is 0.337 bits per heavy atom. The Kier molecular flexibility index (Phi) is 16.4. The maximum absolute atomic E-state index is 4.56. The number of benzene rings is 3. The summed E-state index contributed by atoms with van der Waals surface area (Å²) in [6.07, 6.45) is 25.6. The Hall–Kier alpha value is -12.0. The Labute approximate surface area is 568 Å². The van der Waals surface area contributed by atoms with Gasteiger partial charge in [-0.1, -0.05) is 86.3 Å². The highest BCUT2D eigenvalue weighted by Gasteiger charge is 2.14. The molecule has 18 aromatic heterocycles. The fourth-order valence-electron chi connectivity index (χ4n) is 14.0. The molecule has 0 radical (unpaired) electrons. The summed E-state index contributed by atoms with van der Waals surface area (Å²) >= 11 is 0. The molecule has 3 aromatic carbocycles. The molecule has 0 atom stereocenters. The van der Waals surface area contributed by atoms with E-state index in [1.165, 1.54) is 144 Å². The van der Waals surface area contributed by atoms with Gasteiger partial charge in [0.25, 0.3) is 0 Å². The Balaban J connectivity index is 0.0000000976. The summed E-state index contributed by atoms with van der Waals surface area (Å²) in [7, 11) is 12.6. The molecule has 18 heterocycles.